The highest BCUT2D eigenvalue weighted by molar-refractivity contribution is 9.10. The highest BCUT2D eigenvalue weighted by Gasteiger charge is 2.06. The van der Waals surface area contributed by atoms with Crippen molar-refractivity contribution in [1.82, 2.24) is 9.78 Å². The Kier molecular flexibility index (Phi) is 3.59. The molecule has 1 heterocycles. The van der Waals surface area contributed by atoms with Crippen molar-refractivity contribution in [3.8, 4) is 0 Å². The fourth-order valence-electron chi connectivity index (χ4n) is 1.66. The molecule has 0 unspecified atom stereocenters. The predicted molar refractivity (Wildman–Crippen MR) is 68.1 cm³/mol. The largest absolute Gasteiger partial charge is 0.326 e. The molecule has 3 nitrogen and oxygen atoms in total. The van der Waals surface area contributed by atoms with E-state index >= 15 is 0 Å². The van der Waals surface area contributed by atoms with E-state index in [9.17, 15) is 4.39 Å². The molecule has 0 bridgehead atoms. The monoisotopic (exact) mass is 297 g/mol. The second-order valence-corrected chi connectivity index (χ2v) is 4.72. The lowest BCUT2D eigenvalue weighted by atomic mass is 10.2. The van der Waals surface area contributed by atoms with Crippen LogP contribution in [0.25, 0.3) is 0 Å². The highest BCUT2D eigenvalue weighted by Crippen LogP contribution is 2.18. The molecule has 90 valence electrons. The van der Waals surface area contributed by atoms with E-state index in [4.69, 9.17) is 5.73 Å². The van der Waals surface area contributed by atoms with Crippen molar-refractivity contribution in [3.05, 3.63) is 51.5 Å². The molecular formula is C12H13BrFN3. The number of halogens is 2. The summed E-state index contributed by atoms with van der Waals surface area (Å²) in [6, 6.07) is 4.96. The minimum atomic E-state index is -0.256. The molecule has 1 aromatic carbocycles. The molecule has 0 aliphatic heterocycles. The summed E-state index contributed by atoms with van der Waals surface area (Å²) in [7, 11) is 0. The molecule has 0 atom stereocenters. The van der Waals surface area contributed by atoms with E-state index in [-0.39, 0.29) is 5.82 Å². The van der Waals surface area contributed by atoms with Crippen LogP contribution in [0, 0.1) is 12.7 Å². The number of nitrogens with zero attached hydrogens (tertiary/aromatic N) is 2. The highest BCUT2D eigenvalue weighted by atomic mass is 79.9. The van der Waals surface area contributed by atoms with Crippen molar-refractivity contribution < 1.29 is 4.39 Å². The summed E-state index contributed by atoms with van der Waals surface area (Å²) in [6.45, 7) is 3.08. The van der Waals surface area contributed by atoms with Gasteiger partial charge in [-0.15, -0.1) is 0 Å². The minimum absolute atomic E-state index is 0.256. The van der Waals surface area contributed by atoms with Crippen LogP contribution < -0.4 is 5.73 Å². The van der Waals surface area contributed by atoms with Gasteiger partial charge in [0.25, 0.3) is 0 Å². The number of benzene rings is 1. The van der Waals surface area contributed by atoms with Gasteiger partial charge >= 0.3 is 0 Å². The van der Waals surface area contributed by atoms with Crippen molar-refractivity contribution >= 4 is 15.9 Å². The van der Waals surface area contributed by atoms with E-state index in [2.05, 4.69) is 21.0 Å². The Hall–Kier alpha value is -1.20. The lowest BCUT2D eigenvalue weighted by Gasteiger charge is -2.06. The number of rotatable bonds is 3. The lowest BCUT2D eigenvalue weighted by Crippen LogP contribution is -2.05. The topological polar surface area (TPSA) is 43.8 Å². The van der Waals surface area contributed by atoms with E-state index in [0.717, 1.165) is 16.8 Å². The standard InChI is InChI=1S/C12H13BrFN3/c1-8-10(5-15)6-16-17(8)7-9-2-3-12(14)11(13)4-9/h2-4,6H,5,7,15H2,1H3. The summed E-state index contributed by atoms with van der Waals surface area (Å²) < 4.78 is 15.4. The molecule has 2 aromatic rings. The Labute approximate surface area is 108 Å². The van der Waals surface area contributed by atoms with Crippen molar-refractivity contribution in [2.75, 3.05) is 0 Å². The minimum Gasteiger partial charge on any atom is -0.326 e. The van der Waals surface area contributed by atoms with Gasteiger partial charge in [-0.1, -0.05) is 6.07 Å². The van der Waals surface area contributed by atoms with Gasteiger partial charge in [-0.05, 0) is 40.5 Å². The van der Waals surface area contributed by atoms with Gasteiger partial charge in [0.1, 0.15) is 5.82 Å². The Bertz CT molecular complexity index is 537. The zero-order chi connectivity index (χ0) is 12.4. The Morgan fingerprint density at radius 3 is 2.82 bits per heavy atom. The molecular weight excluding hydrogens is 285 g/mol. The first-order chi connectivity index (χ1) is 8.11. The van der Waals surface area contributed by atoms with Crippen LogP contribution in [0.15, 0.2) is 28.9 Å². The smallest absolute Gasteiger partial charge is 0.137 e. The maximum atomic E-state index is 13.1. The Balaban J connectivity index is 2.25. The molecule has 0 saturated heterocycles. The SMILES string of the molecule is Cc1c(CN)cnn1Cc1ccc(F)c(Br)c1. The van der Waals surface area contributed by atoms with Gasteiger partial charge in [0.05, 0.1) is 17.2 Å². The summed E-state index contributed by atoms with van der Waals surface area (Å²) in [5.41, 5.74) is 8.67. The fourth-order valence-corrected chi connectivity index (χ4v) is 2.08. The first-order valence-corrected chi connectivity index (χ1v) is 6.06. The molecule has 0 aliphatic rings. The molecule has 17 heavy (non-hydrogen) atoms. The van der Waals surface area contributed by atoms with E-state index in [0.29, 0.717) is 17.6 Å². The molecule has 1 aromatic heterocycles. The van der Waals surface area contributed by atoms with Gasteiger partial charge in [-0.25, -0.2) is 4.39 Å². The molecule has 5 heteroatoms. The lowest BCUT2D eigenvalue weighted by molar-refractivity contribution is 0.616. The van der Waals surface area contributed by atoms with Crippen molar-refractivity contribution in [3.63, 3.8) is 0 Å². The zero-order valence-corrected chi connectivity index (χ0v) is 11.0. The summed E-state index contributed by atoms with van der Waals surface area (Å²) in [6.07, 6.45) is 1.77. The van der Waals surface area contributed by atoms with Crippen molar-refractivity contribution in [2.45, 2.75) is 20.0 Å². The average Bonchev–Trinajstić information content (AvgIpc) is 2.65. The number of nitrogens with two attached hydrogens (primary N) is 1. The molecule has 2 N–H and O–H groups in total. The molecule has 0 radical (unpaired) electrons. The normalized spacial score (nSPS) is 10.8. The van der Waals surface area contributed by atoms with Gasteiger partial charge in [0.2, 0.25) is 0 Å². The summed E-state index contributed by atoms with van der Waals surface area (Å²) >= 11 is 3.17. The van der Waals surface area contributed by atoms with Gasteiger partial charge in [0.15, 0.2) is 0 Å². The van der Waals surface area contributed by atoms with Gasteiger partial charge < -0.3 is 5.73 Å². The second kappa shape index (κ2) is 4.98. The van der Waals surface area contributed by atoms with Crippen LogP contribution in [0.4, 0.5) is 4.39 Å². The fraction of sp³-hybridized carbons (Fsp3) is 0.250. The number of hydrogen-bond donors (Lipinski definition) is 1. The van der Waals surface area contributed by atoms with Crippen LogP contribution in [0.5, 0.6) is 0 Å². The molecule has 0 spiro atoms. The van der Waals surface area contributed by atoms with Crippen LogP contribution >= 0.6 is 15.9 Å². The van der Waals surface area contributed by atoms with E-state index in [1.165, 1.54) is 6.07 Å². The third-order valence-corrected chi connectivity index (χ3v) is 3.35. The summed E-state index contributed by atoms with van der Waals surface area (Å²) in [5.74, 6) is -0.256. The molecule has 0 aliphatic carbocycles. The van der Waals surface area contributed by atoms with Crippen LogP contribution in [-0.2, 0) is 13.1 Å². The van der Waals surface area contributed by atoms with Crippen molar-refractivity contribution in [1.29, 1.82) is 0 Å². The van der Waals surface area contributed by atoms with Crippen LogP contribution in [-0.4, -0.2) is 9.78 Å². The van der Waals surface area contributed by atoms with E-state index in [1.807, 2.05) is 11.6 Å². The number of aromatic nitrogens is 2. The van der Waals surface area contributed by atoms with Crippen molar-refractivity contribution in [2.24, 2.45) is 5.73 Å². The zero-order valence-electron chi connectivity index (χ0n) is 9.45. The van der Waals surface area contributed by atoms with Crippen LogP contribution in [0.3, 0.4) is 0 Å². The molecule has 2 rings (SSSR count). The second-order valence-electron chi connectivity index (χ2n) is 3.87. The maximum Gasteiger partial charge on any atom is 0.137 e. The van der Waals surface area contributed by atoms with E-state index in [1.54, 1.807) is 18.3 Å². The third-order valence-electron chi connectivity index (χ3n) is 2.74. The first-order valence-electron chi connectivity index (χ1n) is 5.27. The van der Waals surface area contributed by atoms with Gasteiger partial charge in [-0.3, -0.25) is 4.68 Å². The van der Waals surface area contributed by atoms with Gasteiger partial charge in [0, 0.05) is 17.8 Å². The Morgan fingerprint density at radius 2 is 2.24 bits per heavy atom. The van der Waals surface area contributed by atoms with Crippen LogP contribution in [0.2, 0.25) is 0 Å². The number of hydrogen-bond acceptors (Lipinski definition) is 2. The third kappa shape index (κ3) is 2.56. The first kappa shape index (κ1) is 12.3. The Morgan fingerprint density at radius 1 is 1.47 bits per heavy atom. The quantitative estimate of drug-likeness (QED) is 0.946. The molecule has 0 saturated carbocycles. The maximum absolute atomic E-state index is 13.1. The summed E-state index contributed by atoms with van der Waals surface area (Å²) in [4.78, 5) is 0. The molecule has 0 fully saturated rings. The summed E-state index contributed by atoms with van der Waals surface area (Å²) in [5, 5.41) is 4.26. The van der Waals surface area contributed by atoms with Gasteiger partial charge in [-0.2, -0.15) is 5.10 Å². The average molecular weight is 298 g/mol. The molecule has 0 amide bonds. The predicted octanol–water partition coefficient (Wildman–Crippen LogP) is 2.60. The van der Waals surface area contributed by atoms with E-state index < -0.39 is 0 Å². The van der Waals surface area contributed by atoms with Crippen LogP contribution in [0.1, 0.15) is 16.8 Å².